The van der Waals surface area contributed by atoms with Crippen molar-refractivity contribution in [3.8, 4) is 23.0 Å². The van der Waals surface area contributed by atoms with E-state index in [-0.39, 0.29) is 85.0 Å². The number of hydrogen-bond donors (Lipinski definition) is 2. The highest BCUT2D eigenvalue weighted by Gasteiger charge is 2.42. The maximum absolute atomic E-state index is 14.1. The number of anilines is 1. The summed E-state index contributed by atoms with van der Waals surface area (Å²) in [5, 5.41) is 5.77. The van der Waals surface area contributed by atoms with Crippen LogP contribution in [0.5, 0.6) is 23.0 Å². The Balaban J connectivity index is 0.735. The van der Waals surface area contributed by atoms with Crippen molar-refractivity contribution >= 4 is 81.9 Å². The molecule has 424 valence electrons. The summed E-state index contributed by atoms with van der Waals surface area (Å²) >= 11 is 0. The van der Waals surface area contributed by atoms with Gasteiger partial charge in [0.1, 0.15) is 11.5 Å². The number of carbonyl (C=O) groups excluding carboxylic acids is 7. The van der Waals surface area contributed by atoms with E-state index >= 15 is 0 Å². The second-order valence-electron chi connectivity index (χ2n) is 22.2. The highest BCUT2D eigenvalue weighted by Crippen LogP contribution is 2.43. The van der Waals surface area contributed by atoms with E-state index in [9.17, 15) is 33.6 Å². The monoisotopic (exact) mass is 1100 g/mol. The number of rotatable bonds is 23. The molecule has 5 heterocycles. The number of fused-ring (bicyclic) bond motifs is 4. The molecule has 0 bridgehead atoms. The molecule has 0 aliphatic carbocycles. The Morgan fingerprint density at radius 3 is 2.12 bits per heavy atom. The van der Waals surface area contributed by atoms with E-state index in [0.29, 0.717) is 97.1 Å². The molecule has 81 heavy (non-hydrogen) atoms. The predicted octanol–water partition coefficient (Wildman–Crippen LogP) is 9.82. The number of carbonyl (C=O) groups is 7. The normalized spacial score (nSPS) is 19.7. The highest BCUT2D eigenvalue weighted by atomic mass is 16.5. The molecular weight excluding hydrogens is 1030 g/mol. The van der Waals surface area contributed by atoms with Gasteiger partial charge in [0, 0.05) is 99.6 Å². The van der Waals surface area contributed by atoms with Gasteiger partial charge in [-0.15, -0.1) is 0 Å². The summed E-state index contributed by atoms with van der Waals surface area (Å²) in [4.78, 5) is 106. The van der Waals surface area contributed by atoms with Crippen LogP contribution >= 0.6 is 0 Å². The smallest absolute Gasteiger partial charge is 0.260 e. The van der Waals surface area contributed by atoms with Crippen molar-refractivity contribution in [2.24, 2.45) is 27.7 Å². The topological polar surface area (TPSA) is 215 Å². The van der Waals surface area contributed by atoms with E-state index in [2.05, 4.69) is 10.6 Å². The fourth-order valence-electron chi connectivity index (χ4n) is 10.9. The van der Waals surface area contributed by atoms with Gasteiger partial charge in [0.05, 0.1) is 67.6 Å². The van der Waals surface area contributed by atoms with Gasteiger partial charge < -0.3 is 39.4 Å². The zero-order valence-corrected chi connectivity index (χ0v) is 47.3. The lowest BCUT2D eigenvalue weighted by Gasteiger charge is -2.29. The third kappa shape index (κ3) is 12.6. The number of methoxy groups -OCH3 is 2. The van der Waals surface area contributed by atoms with Gasteiger partial charge in [0.2, 0.25) is 23.6 Å². The zero-order chi connectivity index (χ0) is 57.7. The van der Waals surface area contributed by atoms with Crippen LogP contribution in [0.3, 0.4) is 0 Å². The molecule has 18 nitrogen and oxygen atoms in total. The summed E-state index contributed by atoms with van der Waals surface area (Å²) in [5.41, 5.74) is 6.45. The Morgan fingerprint density at radius 1 is 0.753 bits per heavy atom. The average molecular weight is 1100 g/mol. The molecule has 1 fully saturated rings. The van der Waals surface area contributed by atoms with Crippen LogP contribution < -0.4 is 29.6 Å². The SMILES string of the molecule is COc1ccc(C2=CN3C(=O)c4cc(C)c(OCCCOc5cc6c(cc5OC)C(=O)N5C=C(c7ccc(NC(=O)[C@H](C)CC(=O)[C@@H](NC(=O)CCCCCN8C(=O)CC(C)C8=O)C(C)C)cc7)C[C@H]5C=N6)cc4N=C[C@]3(C)C2)cc1. The second-order valence-corrected chi connectivity index (χ2v) is 22.2. The van der Waals surface area contributed by atoms with E-state index in [0.717, 1.165) is 33.6 Å². The van der Waals surface area contributed by atoms with Crippen LogP contribution in [0.4, 0.5) is 17.1 Å². The molecular formula is C63H71N7O11. The number of likely N-dealkylation sites (tertiary alicyclic amines) is 1. The Kier molecular flexibility index (Phi) is 17.3. The standard InChI is InChI=1S/C63H71N7O11/c1-37(2)58(67-56(72)13-10-9-11-22-68-57(73)27-40(5)60(68)75)52(71)26-39(4)59(74)66-45-18-14-41(15-19-45)43-28-46-33-64-50-31-55(54(79-8)29-49(50)61(76)69(46)34-43)81-24-12-23-80-53-30-51-48(25-38(53)3)62(77)70-35-44(32-63(70,6)36-65-51)42-16-20-47(78-7)21-17-42/h14-21,25,29-31,33-37,39-40,46,58H,9-13,22-24,26-28,32H2,1-8H3,(H,66,74)(H,67,72)/t39-,40?,46+,58+,63+/m1/s1. The van der Waals surface area contributed by atoms with Gasteiger partial charge in [-0.3, -0.25) is 48.4 Å². The molecule has 0 spiro atoms. The molecule has 9 rings (SSSR count). The summed E-state index contributed by atoms with van der Waals surface area (Å²) in [5.74, 6) is -0.418. The van der Waals surface area contributed by atoms with Gasteiger partial charge >= 0.3 is 0 Å². The average Bonchev–Trinajstić information content (AvgIpc) is 4.30. The number of aliphatic imine (C=N–C) groups is 2. The summed E-state index contributed by atoms with van der Waals surface area (Å²) in [6.45, 7) is 12.0. The number of hydrogen-bond acceptors (Lipinski definition) is 13. The maximum Gasteiger partial charge on any atom is 0.260 e. The molecule has 5 atom stereocenters. The number of ketones is 1. The van der Waals surface area contributed by atoms with Gasteiger partial charge in [-0.1, -0.05) is 58.4 Å². The minimum Gasteiger partial charge on any atom is -0.497 e. The lowest BCUT2D eigenvalue weighted by Crippen LogP contribution is -2.45. The molecule has 18 heteroatoms. The number of unbranched alkanes of at least 4 members (excludes halogenated alkanes) is 2. The number of aryl methyl sites for hydroxylation is 1. The lowest BCUT2D eigenvalue weighted by atomic mass is 9.92. The molecule has 0 radical (unpaired) electrons. The van der Waals surface area contributed by atoms with Crippen LogP contribution in [0.2, 0.25) is 0 Å². The number of nitrogens with zero attached hydrogens (tertiary/aromatic N) is 5. The molecule has 5 aliphatic rings. The van der Waals surface area contributed by atoms with Crippen molar-refractivity contribution in [3.05, 3.63) is 113 Å². The Labute approximate surface area is 472 Å². The van der Waals surface area contributed by atoms with Crippen LogP contribution in [0.1, 0.15) is 130 Å². The minimum absolute atomic E-state index is 0.0610. The van der Waals surface area contributed by atoms with E-state index in [1.807, 2.05) is 94.8 Å². The van der Waals surface area contributed by atoms with Crippen LogP contribution in [-0.2, 0) is 24.0 Å². The lowest BCUT2D eigenvalue weighted by molar-refractivity contribution is -0.139. The van der Waals surface area contributed by atoms with Gasteiger partial charge in [0.15, 0.2) is 17.3 Å². The molecule has 6 amide bonds. The molecule has 2 N–H and O–H groups in total. The third-order valence-electron chi connectivity index (χ3n) is 15.6. The first kappa shape index (κ1) is 57.3. The fraction of sp³-hybridized carbons (Fsp3) is 0.413. The molecule has 1 saturated heterocycles. The zero-order valence-electron chi connectivity index (χ0n) is 47.3. The molecule has 4 aromatic carbocycles. The molecule has 0 aromatic heterocycles. The number of nitrogens with one attached hydrogen (secondary N) is 2. The van der Waals surface area contributed by atoms with E-state index in [1.54, 1.807) is 61.2 Å². The summed E-state index contributed by atoms with van der Waals surface area (Å²) in [6.07, 6.45) is 11.2. The maximum atomic E-state index is 14.1. The summed E-state index contributed by atoms with van der Waals surface area (Å²) < 4.78 is 23.4. The first-order valence-electron chi connectivity index (χ1n) is 27.9. The quantitative estimate of drug-likeness (QED) is 0.0527. The van der Waals surface area contributed by atoms with E-state index < -0.39 is 17.5 Å². The fourth-order valence-corrected chi connectivity index (χ4v) is 10.9. The first-order chi connectivity index (χ1) is 38.8. The van der Waals surface area contributed by atoms with Crippen molar-refractivity contribution in [1.29, 1.82) is 0 Å². The van der Waals surface area contributed by atoms with Gasteiger partial charge in [-0.05, 0) is 96.8 Å². The van der Waals surface area contributed by atoms with Crippen LogP contribution in [-0.4, -0.2) is 120 Å². The van der Waals surface area contributed by atoms with Crippen LogP contribution in [0, 0.1) is 24.7 Å². The Bertz CT molecular complexity index is 3250. The number of amides is 6. The van der Waals surface area contributed by atoms with Gasteiger partial charge in [0.25, 0.3) is 11.8 Å². The van der Waals surface area contributed by atoms with E-state index in [1.165, 1.54) is 12.0 Å². The largest absolute Gasteiger partial charge is 0.497 e. The Hall–Kier alpha value is -8.41. The number of benzene rings is 4. The third-order valence-corrected chi connectivity index (χ3v) is 15.6. The Morgan fingerprint density at radius 2 is 1.43 bits per heavy atom. The molecule has 5 aliphatic heterocycles. The highest BCUT2D eigenvalue weighted by molar-refractivity contribution is 6.07. The minimum atomic E-state index is -0.752. The van der Waals surface area contributed by atoms with Crippen LogP contribution in [0.25, 0.3) is 11.1 Å². The number of imide groups is 1. The molecule has 0 saturated carbocycles. The van der Waals surface area contributed by atoms with Crippen molar-refractivity contribution in [3.63, 3.8) is 0 Å². The first-order valence-corrected chi connectivity index (χ1v) is 27.9. The van der Waals surface area contributed by atoms with Gasteiger partial charge in [-0.2, -0.15) is 0 Å². The number of ether oxygens (including phenoxy) is 4. The second kappa shape index (κ2) is 24.5. The van der Waals surface area contributed by atoms with Gasteiger partial charge in [-0.25, -0.2) is 0 Å². The predicted molar refractivity (Wildman–Crippen MR) is 308 cm³/mol. The van der Waals surface area contributed by atoms with Crippen molar-refractivity contribution in [2.45, 2.75) is 117 Å². The van der Waals surface area contributed by atoms with Crippen molar-refractivity contribution < 1.29 is 52.5 Å². The summed E-state index contributed by atoms with van der Waals surface area (Å²) in [7, 11) is 3.15. The van der Waals surface area contributed by atoms with E-state index in [4.69, 9.17) is 28.9 Å². The summed E-state index contributed by atoms with van der Waals surface area (Å²) in [6, 6.07) is 21.1. The molecule has 4 aromatic rings. The van der Waals surface area contributed by atoms with Crippen molar-refractivity contribution in [1.82, 2.24) is 20.0 Å². The number of Topliss-reactive ketones (excluding diaryl/α,β-unsaturated/α-hetero) is 1. The van der Waals surface area contributed by atoms with Crippen molar-refractivity contribution in [2.75, 3.05) is 39.3 Å². The molecule has 1 unspecified atom stereocenters. The van der Waals surface area contributed by atoms with Crippen LogP contribution in [0.15, 0.2) is 95.2 Å².